The third kappa shape index (κ3) is 11.5. The first kappa shape index (κ1) is 43.1. The third-order valence-electron chi connectivity index (χ3n) is 10.4. The Balaban J connectivity index is 2.21. The van der Waals surface area contributed by atoms with Crippen molar-refractivity contribution in [3.63, 3.8) is 0 Å². The van der Waals surface area contributed by atoms with Crippen molar-refractivity contribution in [1.82, 2.24) is 30.3 Å². The van der Waals surface area contributed by atoms with Crippen molar-refractivity contribution in [3.8, 4) is 0 Å². The zero-order valence-corrected chi connectivity index (χ0v) is 32.8. The maximum Gasteiger partial charge on any atom is 0.245 e. The molecule has 1 aliphatic rings. The van der Waals surface area contributed by atoms with Crippen molar-refractivity contribution in [2.24, 2.45) is 23.7 Å². The first-order valence-electron chi connectivity index (χ1n) is 18.4. The molecule has 1 aliphatic heterocycles. The van der Waals surface area contributed by atoms with Gasteiger partial charge in [-0.1, -0.05) is 61.0 Å². The summed E-state index contributed by atoms with van der Waals surface area (Å²) in [6.07, 6.45) is 3.63. The van der Waals surface area contributed by atoms with E-state index in [1.165, 1.54) is 0 Å². The molecular weight excluding hydrogens is 636 g/mol. The lowest BCUT2D eigenvalue weighted by molar-refractivity contribution is -0.148. The van der Waals surface area contributed by atoms with Crippen LogP contribution in [0.4, 0.5) is 0 Å². The van der Waals surface area contributed by atoms with E-state index in [4.69, 9.17) is 9.47 Å². The smallest absolute Gasteiger partial charge is 0.245 e. The van der Waals surface area contributed by atoms with E-state index in [2.05, 4.69) is 29.5 Å². The van der Waals surface area contributed by atoms with Crippen LogP contribution >= 0.6 is 0 Å². The summed E-state index contributed by atoms with van der Waals surface area (Å²) in [7, 11) is 8.64. The fourth-order valence-electron chi connectivity index (χ4n) is 7.43. The van der Waals surface area contributed by atoms with Gasteiger partial charge in [0, 0.05) is 52.7 Å². The van der Waals surface area contributed by atoms with E-state index in [0.29, 0.717) is 19.5 Å². The predicted octanol–water partition coefficient (Wildman–Crippen LogP) is 3.39. The van der Waals surface area contributed by atoms with Crippen molar-refractivity contribution in [1.29, 1.82) is 0 Å². The van der Waals surface area contributed by atoms with Gasteiger partial charge in [0.25, 0.3) is 0 Å². The normalized spacial score (nSPS) is 19.1. The Bertz CT molecular complexity index is 1210. The van der Waals surface area contributed by atoms with Crippen LogP contribution in [0, 0.1) is 23.7 Å². The molecule has 0 aromatic carbocycles. The zero-order valence-electron chi connectivity index (χ0n) is 32.8. The number of methoxy groups -OCH3 is 2. The number of nitrogens with zero attached hydrogens (tertiary/aromatic N) is 4. The molecule has 0 bridgehead atoms. The Labute approximate surface area is 301 Å². The van der Waals surface area contributed by atoms with E-state index in [-0.39, 0.29) is 59.9 Å². The Kier molecular flexibility index (Phi) is 17.8. The average molecular weight is 703 g/mol. The molecule has 50 heavy (non-hydrogen) atoms. The quantitative estimate of drug-likeness (QED) is 0.211. The number of likely N-dealkylation sites (tertiary alicyclic amines) is 1. The molecule has 12 heteroatoms. The molecule has 0 spiro atoms. The van der Waals surface area contributed by atoms with E-state index >= 15 is 0 Å². The number of likely N-dealkylation sites (N-methyl/N-ethyl adjacent to an activating group) is 2. The van der Waals surface area contributed by atoms with Gasteiger partial charge in [0.2, 0.25) is 23.6 Å². The van der Waals surface area contributed by atoms with Crippen LogP contribution in [0.25, 0.3) is 0 Å². The van der Waals surface area contributed by atoms with Crippen molar-refractivity contribution in [2.45, 2.75) is 117 Å². The van der Waals surface area contributed by atoms with E-state index < -0.39 is 30.2 Å². The lowest BCUT2D eigenvalue weighted by atomic mass is 9.89. The Morgan fingerprint density at radius 2 is 1.66 bits per heavy atom. The predicted molar refractivity (Wildman–Crippen MR) is 196 cm³/mol. The lowest BCUT2D eigenvalue weighted by Gasteiger charge is -2.41. The van der Waals surface area contributed by atoms with Gasteiger partial charge in [-0.05, 0) is 56.8 Å². The summed E-state index contributed by atoms with van der Waals surface area (Å²) in [6, 6.07) is 3.90. The van der Waals surface area contributed by atoms with Crippen LogP contribution in [-0.2, 0) is 35.1 Å². The molecule has 12 nitrogen and oxygen atoms in total. The zero-order chi connectivity index (χ0) is 37.7. The van der Waals surface area contributed by atoms with Gasteiger partial charge in [0.1, 0.15) is 6.04 Å². The number of pyridine rings is 1. The minimum atomic E-state index is -0.740. The molecule has 8 atom stereocenters. The van der Waals surface area contributed by atoms with E-state index in [0.717, 1.165) is 25.0 Å². The molecule has 1 aromatic heterocycles. The van der Waals surface area contributed by atoms with E-state index in [1.54, 1.807) is 32.4 Å². The van der Waals surface area contributed by atoms with Crippen LogP contribution in [0.15, 0.2) is 24.4 Å². The lowest BCUT2D eigenvalue weighted by Crippen LogP contribution is -2.59. The first-order chi connectivity index (χ1) is 23.6. The van der Waals surface area contributed by atoms with Gasteiger partial charge in [0.15, 0.2) is 0 Å². The topological polar surface area (TPSA) is 133 Å². The monoisotopic (exact) mass is 703 g/mol. The van der Waals surface area contributed by atoms with Crippen molar-refractivity contribution in [3.05, 3.63) is 30.1 Å². The Morgan fingerprint density at radius 3 is 2.18 bits per heavy atom. The summed E-state index contributed by atoms with van der Waals surface area (Å²) in [4.78, 5) is 64.5. The second kappa shape index (κ2) is 20.7. The summed E-state index contributed by atoms with van der Waals surface area (Å²) in [5, 5.41) is 6.05. The number of carbonyl (C=O) groups is 4. The number of ether oxygens (including phenoxy) is 2. The summed E-state index contributed by atoms with van der Waals surface area (Å²) in [5.41, 5.74) is 0.903. The maximum atomic E-state index is 14.2. The van der Waals surface area contributed by atoms with Crippen LogP contribution in [0.2, 0.25) is 0 Å². The number of rotatable bonds is 20. The minimum absolute atomic E-state index is 0.00584. The van der Waals surface area contributed by atoms with Gasteiger partial charge >= 0.3 is 0 Å². The minimum Gasteiger partial charge on any atom is -0.379 e. The second-order valence-electron chi connectivity index (χ2n) is 14.8. The summed E-state index contributed by atoms with van der Waals surface area (Å²) in [6.45, 7) is 14.8. The molecule has 2 rings (SSSR count). The molecule has 0 saturated carbocycles. The highest BCUT2D eigenvalue weighted by Gasteiger charge is 2.43. The number of hydrogen-bond acceptors (Lipinski definition) is 8. The molecule has 1 fully saturated rings. The molecule has 1 aromatic rings. The van der Waals surface area contributed by atoms with Crippen LogP contribution in [-0.4, -0.2) is 128 Å². The summed E-state index contributed by atoms with van der Waals surface area (Å²) < 4.78 is 11.9. The molecule has 2 heterocycles. The second-order valence-corrected chi connectivity index (χ2v) is 14.8. The van der Waals surface area contributed by atoms with Gasteiger partial charge in [-0.3, -0.25) is 29.1 Å². The number of nitrogens with one attached hydrogen (secondary N) is 2. The van der Waals surface area contributed by atoms with Gasteiger partial charge in [-0.25, -0.2) is 0 Å². The molecule has 2 N–H and O–H groups in total. The number of aromatic nitrogens is 1. The largest absolute Gasteiger partial charge is 0.379 e. The Hall–Kier alpha value is -3.09. The molecule has 2 unspecified atom stereocenters. The molecule has 4 amide bonds. The van der Waals surface area contributed by atoms with Crippen LogP contribution in [0.3, 0.4) is 0 Å². The fourth-order valence-corrected chi connectivity index (χ4v) is 7.43. The number of amides is 4. The highest BCUT2D eigenvalue weighted by atomic mass is 16.5. The van der Waals surface area contributed by atoms with Crippen LogP contribution in [0.1, 0.15) is 79.8 Å². The van der Waals surface area contributed by atoms with Crippen molar-refractivity contribution in [2.75, 3.05) is 48.5 Å². The highest BCUT2D eigenvalue weighted by Crippen LogP contribution is 2.29. The summed E-state index contributed by atoms with van der Waals surface area (Å²) >= 11 is 0. The van der Waals surface area contributed by atoms with E-state index in [9.17, 15) is 19.2 Å². The van der Waals surface area contributed by atoms with Gasteiger partial charge in [-0.2, -0.15) is 0 Å². The maximum absolute atomic E-state index is 14.2. The molecule has 0 radical (unpaired) electrons. The third-order valence-corrected chi connectivity index (χ3v) is 10.4. The first-order valence-corrected chi connectivity index (χ1v) is 18.4. The number of carbonyl (C=O) groups excluding carboxylic acids is 4. The molecule has 284 valence electrons. The fraction of sp³-hybridized carbons (Fsp3) is 0.763. The van der Waals surface area contributed by atoms with Gasteiger partial charge in [0.05, 0.1) is 42.7 Å². The van der Waals surface area contributed by atoms with Gasteiger partial charge < -0.3 is 29.9 Å². The van der Waals surface area contributed by atoms with Gasteiger partial charge in [-0.15, -0.1) is 0 Å². The standard InChI is InChI=1S/C38H66N6O6/c1-13-26(6)34(43(10)38(48)32(24(2)3)41-37(47)33(25(4)5)42(8)9)30(49-11)23-31(45)44-22-16-18-29(44)35(50-12)27(7)36(46)40-21-19-28-17-14-15-20-39-28/h14-15,17,20,24-27,29-30,32-35H,13,16,18-19,21-23H2,1-12H3,(H,40,46)(H,41,47)/t26-,27+,29?,30+,32-,33?,34-,35+/m0/s1. The average Bonchev–Trinajstić information content (AvgIpc) is 3.56. The number of hydrogen-bond donors (Lipinski definition) is 2. The van der Waals surface area contributed by atoms with Crippen LogP contribution in [0.5, 0.6) is 0 Å². The van der Waals surface area contributed by atoms with Crippen molar-refractivity contribution >= 4 is 23.6 Å². The van der Waals surface area contributed by atoms with Crippen molar-refractivity contribution < 1.29 is 28.7 Å². The van der Waals surface area contributed by atoms with E-state index in [1.807, 2.05) is 76.7 Å². The molecule has 1 saturated heterocycles. The van der Waals surface area contributed by atoms with Crippen LogP contribution < -0.4 is 10.6 Å². The summed E-state index contributed by atoms with van der Waals surface area (Å²) in [5.74, 6) is -1.20. The molecule has 0 aliphatic carbocycles. The Morgan fingerprint density at radius 1 is 0.980 bits per heavy atom. The SMILES string of the molecule is CC[C@H](C)[C@@H]([C@@H](CC(=O)N1CCCC1[C@H](OC)[C@@H](C)C(=O)NCCc1ccccn1)OC)N(C)C(=O)[C@@H](NC(=O)C(C(C)C)N(C)C)C(C)C. The molecular formula is C38H66N6O6. The highest BCUT2D eigenvalue weighted by molar-refractivity contribution is 5.90.